The van der Waals surface area contributed by atoms with Gasteiger partial charge in [-0.2, -0.15) is 0 Å². The van der Waals surface area contributed by atoms with Crippen molar-refractivity contribution in [3.05, 3.63) is 0 Å². The van der Waals surface area contributed by atoms with Crippen molar-refractivity contribution in [3.63, 3.8) is 0 Å². The number of terminal acetylenes is 1. The Morgan fingerprint density at radius 3 is 2.87 bits per heavy atom. The Kier molecular flexibility index (Phi) is 4.58. The first kappa shape index (κ1) is 12.5. The number of hydrogen-bond acceptors (Lipinski definition) is 3. The highest BCUT2D eigenvalue weighted by molar-refractivity contribution is 7.89. The third-order valence-electron chi connectivity index (χ3n) is 2.44. The summed E-state index contributed by atoms with van der Waals surface area (Å²) in [5.41, 5.74) is 0. The molecule has 0 radical (unpaired) electrons. The van der Waals surface area contributed by atoms with Crippen molar-refractivity contribution in [2.75, 3.05) is 12.3 Å². The Labute approximate surface area is 91.9 Å². The fourth-order valence-electron chi connectivity index (χ4n) is 1.68. The SMILES string of the molecule is C#CC(C)NS(=O)(=O)CC1CCCCN1. The average Bonchev–Trinajstić information content (AvgIpc) is 2.17. The maximum atomic E-state index is 11.6. The van der Waals surface area contributed by atoms with Crippen LogP contribution in [0.1, 0.15) is 26.2 Å². The van der Waals surface area contributed by atoms with Crippen molar-refractivity contribution in [3.8, 4) is 12.3 Å². The van der Waals surface area contributed by atoms with E-state index in [4.69, 9.17) is 6.42 Å². The minimum absolute atomic E-state index is 0.0706. The molecule has 0 bridgehead atoms. The molecule has 1 fully saturated rings. The topological polar surface area (TPSA) is 58.2 Å². The van der Waals surface area contributed by atoms with Crippen LogP contribution in [0.25, 0.3) is 0 Å². The van der Waals surface area contributed by atoms with E-state index in [1.807, 2.05) is 0 Å². The van der Waals surface area contributed by atoms with Crippen molar-refractivity contribution < 1.29 is 8.42 Å². The van der Waals surface area contributed by atoms with Gasteiger partial charge in [-0.3, -0.25) is 0 Å². The third-order valence-corrected chi connectivity index (χ3v) is 3.99. The summed E-state index contributed by atoms with van der Waals surface area (Å²) in [6, 6.07) is -0.361. The van der Waals surface area contributed by atoms with E-state index < -0.39 is 16.1 Å². The molecule has 86 valence electrons. The van der Waals surface area contributed by atoms with Gasteiger partial charge in [0.1, 0.15) is 0 Å². The van der Waals surface area contributed by atoms with Gasteiger partial charge < -0.3 is 5.32 Å². The minimum atomic E-state index is -3.25. The van der Waals surface area contributed by atoms with Crippen LogP contribution >= 0.6 is 0 Å². The van der Waals surface area contributed by atoms with Gasteiger partial charge in [0.05, 0.1) is 11.8 Å². The van der Waals surface area contributed by atoms with Crippen LogP contribution < -0.4 is 10.0 Å². The van der Waals surface area contributed by atoms with Crippen LogP contribution in [0.4, 0.5) is 0 Å². The molecule has 1 aliphatic heterocycles. The van der Waals surface area contributed by atoms with Crippen molar-refractivity contribution in [1.82, 2.24) is 10.0 Å². The largest absolute Gasteiger partial charge is 0.313 e. The van der Waals surface area contributed by atoms with Crippen LogP contribution in [-0.2, 0) is 10.0 Å². The molecule has 2 unspecified atom stereocenters. The van der Waals surface area contributed by atoms with Gasteiger partial charge in [-0.05, 0) is 26.3 Å². The predicted molar refractivity (Wildman–Crippen MR) is 60.9 cm³/mol. The first-order valence-electron chi connectivity index (χ1n) is 5.23. The molecule has 2 atom stereocenters. The Balaban J connectivity index is 2.45. The summed E-state index contributed by atoms with van der Waals surface area (Å²) in [4.78, 5) is 0. The smallest absolute Gasteiger partial charge is 0.214 e. The minimum Gasteiger partial charge on any atom is -0.313 e. The van der Waals surface area contributed by atoms with E-state index >= 15 is 0 Å². The van der Waals surface area contributed by atoms with Gasteiger partial charge in [0, 0.05) is 6.04 Å². The van der Waals surface area contributed by atoms with E-state index in [2.05, 4.69) is 16.0 Å². The molecule has 0 amide bonds. The summed E-state index contributed by atoms with van der Waals surface area (Å²) < 4.78 is 25.7. The zero-order valence-corrected chi connectivity index (χ0v) is 9.81. The lowest BCUT2D eigenvalue weighted by molar-refractivity contribution is 0.422. The molecule has 0 aromatic rings. The molecule has 0 aliphatic carbocycles. The van der Waals surface area contributed by atoms with Crippen LogP contribution in [0.15, 0.2) is 0 Å². The van der Waals surface area contributed by atoms with Crippen LogP contribution in [0.3, 0.4) is 0 Å². The molecule has 15 heavy (non-hydrogen) atoms. The molecular weight excluding hydrogens is 212 g/mol. The lowest BCUT2D eigenvalue weighted by Crippen LogP contribution is -2.44. The zero-order valence-electron chi connectivity index (χ0n) is 8.99. The number of hydrogen-bond donors (Lipinski definition) is 2. The van der Waals surface area contributed by atoms with E-state index in [-0.39, 0.29) is 11.8 Å². The molecule has 1 aliphatic rings. The second-order valence-electron chi connectivity index (χ2n) is 3.93. The Bertz CT molecular complexity index is 326. The van der Waals surface area contributed by atoms with E-state index in [1.165, 1.54) is 0 Å². The molecule has 4 nitrogen and oxygen atoms in total. The molecule has 0 aromatic carbocycles. The van der Waals surface area contributed by atoms with Crippen LogP contribution in [-0.4, -0.2) is 32.8 Å². The van der Waals surface area contributed by atoms with Crippen molar-refractivity contribution in [2.24, 2.45) is 0 Å². The zero-order chi connectivity index (χ0) is 11.3. The van der Waals surface area contributed by atoms with Crippen LogP contribution in [0.5, 0.6) is 0 Å². The van der Waals surface area contributed by atoms with Crippen LogP contribution in [0, 0.1) is 12.3 Å². The molecule has 0 spiro atoms. The number of nitrogens with one attached hydrogen (secondary N) is 2. The second-order valence-corrected chi connectivity index (χ2v) is 5.73. The fourth-order valence-corrected chi connectivity index (χ4v) is 3.20. The summed E-state index contributed by atoms with van der Waals surface area (Å²) in [5, 5.41) is 3.20. The number of piperidine rings is 1. The Morgan fingerprint density at radius 2 is 2.33 bits per heavy atom. The average molecular weight is 230 g/mol. The standard InChI is InChI=1S/C10H18N2O2S/c1-3-9(2)12-15(13,14)8-10-6-4-5-7-11-10/h1,9-12H,4-8H2,2H3. The highest BCUT2D eigenvalue weighted by Gasteiger charge is 2.21. The number of sulfonamides is 1. The molecular formula is C10H18N2O2S. The first-order valence-corrected chi connectivity index (χ1v) is 6.88. The van der Waals surface area contributed by atoms with Gasteiger partial charge in [-0.15, -0.1) is 6.42 Å². The van der Waals surface area contributed by atoms with E-state index in [9.17, 15) is 8.42 Å². The molecule has 1 heterocycles. The molecule has 1 rings (SSSR count). The summed E-state index contributed by atoms with van der Waals surface area (Å²) in [6.45, 7) is 2.57. The first-order chi connectivity index (χ1) is 7.03. The summed E-state index contributed by atoms with van der Waals surface area (Å²) in [7, 11) is -3.25. The lowest BCUT2D eigenvalue weighted by atomic mass is 10.1. The fraction of sp³-hybridized carbons (Fsp3) is 0.800. The highest BCUT2D eigenvalue weighted by atomic mass is 32.2. The monoisotopic (exact) mass is 230 g/mol. The van der Waals surface area contributed by atoms with Gasteiger partial charge in [0.15, 0.2) is 0 Å². The van der Waals surface area contributed by atoms with E-state index in [1.54, 1.807) is 6.92 Å². The van der Waals surface area contributed by atoms with Gasteiger partial charge in [0.25, 0.3) is 0 Å². The molecule has 5 heteroatoms. The second kappa shape index (κ2) is 5.50. The maximum Gasteiger partial charge on any atom is 0.214 e. The number of rotatable bonds is 4. The molecule has 0 saturated carbocycles. The maximum absolute atomic E-state index is 11.6. The molecule has 0 aromatic heterocycles. The summed E-state index contributed by atoms with van der Waals surface area (Å²) >= 11 is 0. The normalized spacial score (nSPS) is 24.4. The van der Waals surface area contributed by atoms with Crippen molar-refractivity contribution in [1.29, 1.82) is 0 Å². The quantitative estimate of drug-likeness (QED) is 0.672. The predicted octanol–water partition coefficient (Wildman–Crippen LogP) is 0.0696. The van der Waals surface area contributed by atoms with Gasteiger partial charge in [-0.25, -0.2) is 13.1 Å². The van der Waals surface area contributed by atoms with Crippen LogP contribution in [0.2, 0.25) is 0 Å². The lowest BCUT2D eigenvalue weighted by Gasteiger charge is -2.23. The highest BCUT2D eigenvalue weighted by Crippen LogP contribution is 2.08. The third kappa shape index (κ3) is 4.65. The van der Waals surface area contributed by atoms with Gasteiger partial charge in [0.2, 0.25) is 10.0 Å². The molecule has 2 N–H and O–H groups in total. The van der Waals surface area contributed by atoms with E-state index in [0.29, 0.717) is 0 Å². The van der Waals surface area contributed by atoms with E-state index in [0.717, 1.165) is 25.8 Å². The Morgan fingerprint density at radius 1 is 1.60 bits per heavy atom. The van der Waals surface area contributed by atoms with Gasteiger partial charge >= 0.3 is 0 Å². The summed E-state index contributed by atoms with van der Waals surface area (Å²) in [6.07, 6.45) is 8.27. The van der Waals surface area contributed by atoms with Gasteiger partial charge in [-0.1, -0.05) is 12.3 Å². The Hall–Kier alpha value is -0.570. The molecule has 1 saturated heterocycles. The summed E-state index contributed by atoms with van der Waals surface area (Å²) in [5.74, 6) is 2.47. The van der Waals surface area contributed by atoms with Crippen molar-refractivity contribution >= 4 is 10.0 Å². The van der Waals surface area contributed by atoms with Crippen molar-refractivity contribution in [2.45, 2.75) is 38.3 Å².